The van der Waals surface area contributed by atoms with Crippen LogP contribution in [0.25, 0.3) is 6.08 Å². The third-order valence-corrected chi connectivity index (χ3v) is 3.00. The fourth-order valence-corrected chi connectivity index (χ4v) is 1.84. The highest BCUT2D eigenvalue weighted by Gasteiger charge is 2.06. The van der Waals surface area contributed by atoms with E-state index in [0.717, 1.165) is 11.1 Å². The molecule has 1 amide bonds. The SMILES string of the molecule is Cc1ccnc(NC(=O)c2ccc(C=CC(C)C)cc2)c1. The van der Waals surface area contributed by atoms with Gasteiger partial charge in [0, 0.05) is 11.8 Å². The lowest BCUT2D eigenvalue weighted by molar-refractivity contribution is 0.102. The van der Waals surface area contributed by atoms with Crippen LogP contribution in [0.1, 0.15) is 35.3 Å². The summed E-state index contributed by atoms with van der Waals surface area (Å²) >= 11 is 0. The second-order valence-electron chi connectivity index (χ2n) is 5.40. The van der Waals surface area contributed by atoms with Crippen molar-refractivity contribution < 1.29 is 4.79 Å². The number of anilines is 1. The molecule has 1 heterocycles. The molecule has 1 N–H and O–H groups in total. The maximum Gasteiger partial charge on any atom is 0.256 e. The molecule has 1 aromatic carbocycles. The number of hydrogen-bond donors (Lipinski definition) is 1. The fourth-order valence-electron chi connectivity index (χ4n) is 1.84. The Bertz CT molecular complexity index is 643. The van der Waals surface area contributed by atoms with Gasteiger partial charge in [0.1, 0.15) is 5.82 Å². The number of carbonyl (C=O) groups is 1. The Labute approximate surface area is 125 Å². The van der Waals surface area contributed by atoms with E-state index < -0.39 is 0 Å². The Balaban J connectivity index is 2.06. The molecule has 0 spiro atoms. The minimum absolute atomic E-state index is 0.146. The number of nitrogens with zero attached hydrogens (tertiary/aromatic N) is 1. The topological polar surface area (TPSA) is 42.0 Å². The third kappa shape index (κ3) is 4.56. The second-order valence-corrected chi connectivity index (χ2v) is 5.40. The first-order valence-electron chi connectivity index (χ1n) is 7.07. The molecule has 2 aromatic rings. The Morgan fingerprint density at radius 2 is 1.90 bits per heavy atom. The number of carbonyl (C=O) groups excluding carboxylic acids is 1. The Morgan fingerprint density at radius 1 is 1.19 bits per heavy atom. The maximum atomic E-state index is 12.1. The molecule has 0 bridgehead atoms. The largest absolute Gasteiger partial charge is 0.307 e. The number of aromatic nitrogens is 1. The van der Waals surface area contributed by atoms with Gasteiger partial charge in [0.15, 0.2) is 0 Å². The quantitative estimate of drug-likeness (QED) is 0.906. The normalized spacial score (nSPS) is 11.0. The summed E-state index contributed by atoms with van der Waals surface area (Å²) in [5.74, 6) is 0.941. The summed E-state index contributed by atoms with van der Waals surface area (Å²) in [4.78, 5) is 16.3. The summed E-state index contributed by atoms with van der Waals surface area (Å²) < 4.78 is 0. The van der Waals surface area contributed by atoms with Crippen LogP contribution in [-0.4, -0.2) is 10.9 Å². The van der Waals surface area contributed by atoms with E-state index in [1.165, 1.54) is 0 Å². The van der Waals surface area contributed by atoms with Gasteiger partial charge in [-0.1, -0.05) is 38.1 Å². The zero-order valence-corrected chi connectivity index (χ0v) is 12.6. The van der Waals surface area contributed by atoms with Crippen LogP contribution in [0.3, 0.4) is 0 Å². The molecule has 0 aliphatic rings. The second kappa shape index (κ2) is 6.84. The number of benzene rings is 1. The number of rotatable bonds is 4. The zero-order valence-electron chi connectivity index (χ0n) is 12.6. The van der Waals surface area contributed by atoms with Gasteiger partial charge in [0.2, 0.25) is 0 Å². The molecular formula is C18H20N2O. The van der Waals surface area contributed by atoms with Crippen molar-refractivity contribution in [2.24, 2.45) is 5.92 Å². The summed E-state index contributed by atoms with van der Waals surface area (Å²) in [6, 6.07) is 11.3. The van der Waals surface area contributed by atoms with Crippen molar-refractivity contribution in [1.29, 1.82) is 0 Å². The minimum atomic E-state index is -0.146. The molecule has 0 saturated carbocycles. The van der Waals surface area contributed by atoms with Crippen molar-refractivity contribution >= 4 is 17.8 Å². The minimum Gasteiger partial charge on any atom is -0.307 e. The highest BCUT2D eigenvalue weighted by Crippen LogP contribution is 2.11. The van der Waals surface area contributed by atoms with Gasteiger partial charge in [0.25, 0.3) is 5.91 Å². The summed E-state index contributed by atoms with van der Waals surface area (Å²) in [7, 11) is 0. The summed E-state index contributed by atoms with van der Waals surface area (Å²) in [5, 5.41) is 2.80. The van der Waals surface area contributed by atoms with Crippen molar-refractivity contribution in [3.05, 3.63) is 65.4 Å². The lowest BCUT2D eigenvalue weighted by atomic mass is 10.1. The third-order valence-electron chi connectivity index (χ3n) is 3.00. The van der Waals surface area contributed by atoms with Crippen LogP contribution in [0.4, 0.5) is 5.82 Å². The average molecular weight is 280 g/mol. The molecule has 0 fully saturated rings. The lowest BCUT2D eigenvalue weighted by Gasteiger charge is -2.05. The van der Waals surface area contributed by atoms with E-state index in [9.17, 15) is 4.79 Å². The molecule has 0 radical (unpaired) electrons. The summed E-state index contributed by atoms with van der Waals surface area (Å²) in [5.41, 5.74) is 2.78. The first-order chi connectivity index (χ1) is 10.0. The Hall–Kier alpha value is -2.42. The molecule has 3 heteroatoms. The van der Waals surface area contributed by atoms with Crippen LogP contribution < -0.4 is 5.32 Å². The molecule has 108 valence electrons. The van der Waals surface area contributed by atoms with E-state index in [-0.39, 0.29) is 5.91 Å². The summed E-state index contributed by atoms with van der Waals surface area (Å²) in [6.45, 7) is 6.23. The first kappa shape index (κ1) is 15.0. The maximum absolute atomic E-state index is 12.1. The van der Waals surface area contributed by atoms with Crippen LogP contribution in [0, 0.1) is 12.8 Å². The molecule has 0 saturated heterocycles. The van der Waals surface area contributed by atoms with E-state index >= 15 is 0 Å². The van der Waals surface area contributed by atoms with Gasteiger partial charge in [-0.25, -0.2) is 4.98 Å². The van der Waals surface area contributed by atoms with Crippen LogP contribution in [0.2, 0.25) is 0 Å². The van der Waals surface area contributed by atoms with E-state index in [2.05, 4.69) is 36.3 Å². The van der Waals surface area contributed by atoms with Crippen LogP contribution in [-0.2, 0) is 0 Å². The van der Waals surface area contributed by atoms with E-state index in [4.69, 9.17) is 0 Å². The molecule has 0 unspecified atom stereocenters. The number of nitrogens with one attached hydrogen (secondary N) is 1. The predicted octanol–water partition coefficient (Wildman–Crippen LogP) is 4.31. The van der Waals surface area contributed by atoms with Crippen molar-refractivity contribution in [2.45, 2.75) is 20.8 Å². The van der Waals surface area contributed by atoms with Crippen molar-refractivity contribution in [2.75, 3.05) is 5.32 Å². The van der Waals surface area contributed by atoms with E-state index in [1.54, 1.807) is 6.20 Å². The number of amides is 1. The van der Waals surface area contributed by atoms with E-state index in [1.807, 2.05) is 43.3 Å². The molecular weight excluding hydrogens is 260 g/mol. The average Bonchev–Trinajstić information content (AvgIpc) is 2.45. The molecule has 0 atom stereocenters. The predicted molar refractivity (Wildman–Crippen MR) is 87.2 cm³/mol. The van der Waals surface area contributed by atoms with Gasteiger partial charge in [-0.2, -0.15) is 0 Å². The highest BCUT2D eigenvalue weighted by atomic mass is 16.1. The zero-order chi connectivity index (χ0) is 15.2. The standard InChI is InChI=1S/C18H20N2O/c1-13(2)4-5-15-6-8-16(9-7-15)18(21)20-17-12-14(3)10-11-19-17/h4-13H,1-3H3,(H,19,20,21). The van der Waals surface area contributed by atoms with Gasteiger partial charge in [0.05, 0.1) is 0 Å². The number of hydrogen-bond acceptors (Lipinski definition) is 2. The molecule has 1 aromatic heterocycles. The molecule has 0 aliphatic carbocycles. The summed E-state index contributed by atoms with van der Waals surface area (Å²) in [6.07, 6.45) is 5.88. The van der Waals surface area contributed by atoms with Crippen LogP contribution in [0.15, 0.2) is 48.7 Å². The van der Waals surface area contributed by atoms with Crippen LogP contribution >= 0.6 is 0 Å². The van der Waals surface area contributed by atoms with Gasteiger partial charge in [-0.3, -0.25) is 4.79 Å². The Kier molecular flexibility index (Phi) is 4.88. The van der Waals surface area contributed by atoms with Crippen molar-refractivity contribution in [3.8, 4) is 0 Å². The first-order valence-corrected chi connectivity index (χ1v) is 7.07. The van der Waals surface area contributed by atoms with Crippen molar-refractivity contribution in [3.63, 3.8) is 0 Å². The number of pyridine rings is 1. The molecule has 3 nitrogen and oxygen atoms in total. The fraction of sp³-hybridized carbons (Fsp3) is 0.222. The number of aryl methyl sites for hydroxylation is 1. The highest BCUT2D eigenvalue weighted by molar-refractivity contribution is 6.03. The van der Waals surface area contributed by atoms with E-state index in [0.29, 0.717) is 17.3 Å². The van der Waals surface area contributed by atoms with Crippen LogP contribution in [0.5, 0.6) is 0 Å². The molecule has 0 aliphatic heterocycles. The Morgan fingerprint density at radius 3 is 2.52 bits per heavy atom. The monoisotopic (exact) mass is 280 g/mol. The smallest absolute Gasteiger partial charge is 0.256 e. The van der Waals surface area contributed by atoms with Gasteiger partial charge in [-0.05, 0) is 48.2 Å². The lowest BCUT2D eigenvalue weighted by Crippen LogP contribution is -2.12. The number of allylic oxidation sites excluding steroid dienone is 1. The molecule has 2 rings (SSSR count). The van der Waals surface area contributed by atoms with Gasteiger partial charge < -0.3 is 5.32 Å². The van der Waals surface area contributed by atoms with Gasteiger partial charge in [-0.15, -0.1) is 0 Å². The molecule has 21 heavy (non-hydrogen) atoms. The van der Waals surface area contributed by atoms with Gasteiger partial charge >= 0.3 is 0 Å². The van der Waals surface area contributed by atoms with Crippen molar-refractivity contribution in [1.82, 2.24) is 4.98 Å².